The molecule has 0 spiro atoms. The molecule has 19 heteroatoms. The summed E-state index contributed by atoms with van der Waals surface area (Å²) >= 11 is 0. The molecule has 0 rings (SSSR count). The number of rotatable bonds is 79. The van der Waals surface area contributed by atoms with E-state index in [1.807, 2.05) is 0 Å². The van der Waals surface area contributed by atoms with Crippen molar-refractivity contribution in [2.75, 3.05) is 39.6 Å². The maximum Gasteiger partial charge on any atom is 0.472 e. The fourth-order valence-corrected chi connectivity index (χ4v) is 13.8. The Hall–Kier alpha value is -1.94. The number of phosphoric ester groups is 2. The first-order valence-electron chi connectivity index (χ1n) is 41.1. The van der Waals surface area contributed by atoms with Crippen molar-refractivity contribution in [1.29, 1.82) is 0 Å². The molecule has 3 N–H and O–H groups in total. The van der Waals surface area contributed by atoms with Crippen LogP contribution in [0.1, 0.15) is 420 Å². The van der Waals surface area contributed by atoms with Crippen LogP contribution in [0, 0.1) is 5.92 Å². The molecule has 0 aromatic carbocycles. The van der Waals surface area contributed by atoms with E-state index in [0.29, 0.717) is 25.7 Å². The van der Waals surface area contributed by atoms with Crippen LogP contribution in [0.25, 0.3) is 0 Å². The molecule has 0 heterocycles. The van der Waals surface area contributed by atoms with Gasteiger partial charge in [0, 0.05) is 25.7 Å². The fraction of sp³-hybridized carbons (Fsp3) is 0.949. The minimum Gasteiger partial charge on any atom is -0.462 e. The summed E-state index contributed by atoms with van der Waals surface area (Å²) in [5.41, 5.74) is 0. The number of hydrogen-bond acceptors (Lipinski definition) is 15. The summed E-state index contributed by atoms with van der Waals surface area (Å²) < 4.78 is 68.4. The third-order valence-electron chi connectivity index (χ3n) is 18.5. The van der Waals surface area contributed by atoms with Crippen LogP contribution in [0.4, 0.5) is 0 Å². The van der Waals surface area contributed by atoms with E-state index in [9.17, 15) is 43.2 Å². The smallest absolute Gasteiger partial charge is 0.462 e. The predicted octanol–water partition coefficient (Wildman–Crippen LogP) is 23.6. The van der Waals surface area contributed by atoms with Gasteiger partial charge in [0.15, 0.2) is 12.2 Å². The summed E-state index contributed by atoms with van der Waals surface area (Å²) in [6.07, 6.45) is 63.0. The topological polar surface area (TPSA) is 237 Å². The van der Waals surface area contributed by atoms with Crippen molar-refractivity contribution in [2.45, 2.75) is 438 Å². The zero-order chi connectivity index (χ0) is 71.9. The Morgan fingerprint density at radius 3 is 0.694 bits per heavy atom. The highest BCUT2D eigenvalue weighted by atomic mass is 31.2. The molecule has 0 aliphatic carbocycles. The normalized spacial score (nSPS) is 13.9. The second kappa shape index (κ2) is 72.0. The lowest BCUT2D eigenvalue weighted by atomic mass is 10.0. The number of aliphatic hydroxyl groups excluding tert-OH is 1. The number of carbonyl (C=O) groups excluding carboxylic acids is 4. The SMILES string of the molecule is CCCCCCCCCCCCCCCCCCCCCCCCC(=O)O[C@H](COC(=O)CCCCCCCCCCCCCCCCCC)COP(=O)(O)OC[C@@H](O)COP(=O)(O)OC[C@@H](COC(=O)CCCCCCC)OC(=O)CCCCCCCCCCCCCCC(C)C. The first-order chi connectivity index (χ1) is 47.5. The third-order valence-corrected chi connectivity index (χ3v) is 20.4. The van der Waals surface area contributed by atoms with Gasteiger partial charge in [0.05, 0.1) is 26.4 Å². The second-order valence-electron chi connectivity index (χ2n) is 28.9. The van der Waals surface area contributed by atoms with Crippen LogP contribution < -0.4 is 0 Å². The van der Waals surface area contributed by atoms with Crippen molar-refractivity contribution in [1.82, 2.24) is 0 Å². The molecule has 98 heavy (non-hydrogen) atoms. The lowest BCUT2D eigenvalue weighted by Crippen LogP contribution is -2.30. The largest absolute Gasteiger partial charge is 0.472 e. The van der Waals surface area contributed by atoms with Gasteiger partial charge in [-0.05, 0) is 31.6 Å². The van der Waals surface area contributed by atoms with Gasteiger partial charge in [-0.3, -0.25) is 37.3 Å². The van der Waals surface area contributed by atoms with Crippen LogP contribution in [-0.2, 0) is 65.4 Å². The lowest BCUT2D eigenvalue weighted by molar-refractivity contribution is -0.161. The summed E-state index contributed by atoms with van der Waals surface area (Å²) in [5.74, 6) is -1.34. The maximum absolute atomic E-state index is 13.1. The van der Waals surface area contributed by atoms with E-state index in [2.05, 4.69) is 34.6 Å². The Morgan fingerprint density at radius 1 is 0.276 bits per heavy atom. The number of phosphoric acid groups is 2. The van der Waals surface area contributed by atoms with E-state index in [1.165, 1.54) is 238 Å². The second-order valence-corrected chi connectivity index (χ2v) is 31.8. The molecule has 2 unspecified atom stereocenters. The van der Waals surface area contributed by atoms with E-state index in [0.717, 1.165) is 102 Å². The quantitative estimate of drug-likeness (QED) is 0.0222. The highest BCUT2D eigenvalue weighted by Crippen LogP contribution is 2.45. The summed E-state index contributed by atoms with van der Waals surface area (Å²) in [6, 6.07) is 0. The first kappa shape index (κ1) is 96.1. The molecular weight excluding hydrogens is 1280 g/mol. The average Bonchev–Trinajstić information content (AvgIpc) is 0.987. The zero-order valence-corrected chi connectivity index (χ0v) is 65.7. The Bertz CT molecular complexity index is 1870. The third kappa shape index (κ3) is 72.4. The van der Waals surface area contributed by atoms with Gasteiger partial charge in [-0.15, -0.1) is 0 Å². The van der Waals surface area contributed by atoms with Crippen molar-refractivity contribution in [3.63, 3.8) is 0 Å². The Balaban J connectivity index is 5.11. The maximum atomic E-state index is 13.1. The fourth-order valence-electron chi connectivity index (χ4n) is 12.2. The van der Waals surface area contributed by atoms with E-state index in [4.69, 9.17) is 37.0 Å². The molecule has 17 nitrogen and oxygen atoms in total. The van der Waals surface area contributed by atoms with E-state index >= 15 is 0 Å². The van der Waals surface area contributed by atoms with Crippen LogP contribution in [0.15, 0.2) is 0 Å². The van der Waals surface area contributed by atoms with E-state index in [-0.39, 0.29) is 25.7 Å². The molecule has 0 amide bonds. The van der Waals surface area contributed by atoms with E-state index < -0.39 is 97.5 Å². The van der Waals surface area contributed by atoms with Crippen molar-refractivity contribution >= 4 is 39.5 Å². The number of unbranched alkanes of at least 4 members (excludes halogenated alkanes) is 51. The molecule has 0 aromatic rings. The van der Waals surface area contributed by atoms with Crippen LogP contribution in [0.2, 0.25) is 0 Å². The zero-order valence-electron chi connectivity index (χ0n) is 63.9. The summed E-state index contributed by atoms with van der Waals surface area (Å²) in [6.45, 7) is 7.23. The molecular formula is C79H154O17P2. The van der Waals surface area contributed by atoms with Crippen LogP contribution in [0.5, 0.6) is 0 Å². The minimum absolute atomic E-state index is 0.106. The Kier molecular flexibility index (Phi) is 70.6. The molecule has 0 saturated carbocycles. The number of esters is 4. The van der Waals surface area contributed by atoms with Gasteiger partial charge in [0.2, 0.25) is 0 Å². The molecule has 0 aromatic heterocycles. The van der Waals surface area contributed by atoms with Crippen molar-refractivity contribution in [3.05, 3.63) is 0 Å². The molecule has 0 fully saturated rings. The first-order valence-corrected chi connectivity index (χ1v) is 44.1. The van der Waals surface area contributed by atoms with Gasteiger partial charge < -0.3 is 33.8 Å². The highest BCUT2D eigenvalue weighted by Gasteiger charge is 2.30. The van der Waals surface area contributed by atoms with Crippen LogP contribution in [-0.4, -0.2) is 96.7 Å². The van der Waals surface area contributed by atoms with Crippen LogP contribution in [0.3, 0.4) is 0 Å². The highest BCUT2D eigenvalue weighted by molar-refractivity contribution is 7.47. The lowest BCUT2D eigenvalue weighted by Gasteiger charge is -2.21. The van der Waals surface area contributed by atoms with Gasteiger partial charge >= 0.3 is 39.5 Å². The number of carbonyl (C=O) groups is 4. The molecule has 0 aliphatic heterocycles. The van der Waals surface area contributed by atoms with Gasteiger partial charge in [0.1, 0.15) is 19.3 Å². The van der Waals surface area contributed by atoms with Crippen molar-refractivity contribution < 1.29 is 80.2 Å². The molecule has 0 radical (unpaired) electrons. The van der Waals surface area contributed by atoms with E-state index in [1.54, 1.807) is 0 Å². The molecule has 0 bridgehead atoms. The summed E-state index contributed by atoms with van der Waals surface area (Å²) in [5, 5.41) is 10.6. The van der Waals surface area contributed by atoms with Gasteiger partial charge in [0.25, 0.3) is 0 Å². The molecule has 582 valence electrons. The molecule has 0 saturated heterocycles. The average molecular weight is 1440 g/mol. The van der Waals surface area contributed by atoms with Gasteiger partial charge in [-0.2, -0.15) is 0 Å². The number of aliphatic hydroxyl groups is 1. The predicted molar refractivity (Wildman–Crippen MR) is 400 cm³/mol. The van der Waals surface area contributed by atoms with Gasteiger partial charge in [-0.1, -0.05) is 369 Å². The monoisotopic (exact) mass is 1440 g/mol. The number of hydrogen-bond donors (Lipinski definition) is 3. The summed E-state index contributed by atoms with van der Waals surface area (Å²) in [4.78, 5) is 72.6. The Labute approximate surface area is 600 Å². The number of ether oxygens (including phenoxy) is 4. The van der Waals surface area contributed by atoms with Crippen molar-refractivity contribution in [3.8, 4) is 0 Å². The molecule has 5 atom stereocenters. The Morgan fingerprint density at radius 2 is 0.469 bits per heavy atom. The van der Waals surface area contributed by atoms with Crippen molar-refractivity contribution in [2.24, 2.45) is 5.92 Å². The summed E-state index contributed by atoms with van der Waals surface area (Å²) in [7, 11) is -9.90. The van der Waals surface area contributed by atoms with Gasteiger partial charge in [-0.25, -0.2) is 9.13 Å². The molecule has 0 aliphatic rings. The standard InChI is InChI=1S/C79H154O17P2/c1-6-9-12-15-17-19-21-23-25-27-28-29-30-31-32-34-36-41-45-49-54-59-65-79(84)96-75(69-90-77(82)63-58-53-48-44-40-35-33-26-24-22-20-18-16-13-10-7-2)71-94-98(87,88)92-67-73(80)66-91-97(85,86)93-70-74(68-89-76(81)62-57-51-14-11-8-3)95-78(83)64-60-55-50-46-42-38-37-39-43-47-52-56-61-72(4)5/h72-75,80H,6-71H2,1-5H3,(H,85,86)(H,87,88)/t73-,74+,75+/m0/s1. The minimum atomic E-state index is -4.96. The van der Waals surface area contributed by atoms with Crippen LogP contribution >= 0.6 is 15.6 Å².